The number of ether oxygens (including phenoxy) is 2. The van der Waals surface area contributed by atoms with Gasteiger partial charge in [-0.2, -0.15) is 0 Å². The minimum atomic E-state index is -0.168. The number of anilines is 2. The first-order valence-electron chi connectivity index (χ1n) is 9.76. The molecule has 5 nitrogen and oxygen atoms in total. The number of carbonyl (C=O) groups excluding carboxylic acids is 1. The van der Waals surface area contributed by atoms with Crippen molar-refractivity contribution < 1.29 is 14.3 Å². The molecule has 1 N–H and O–H groups in total. The second kappa shape index (κ2) is 8.80. The zero-order chi connectivity index (χ0) is 20.1. The van der Waals surface area contributed by atoms with Crippen LogP contribution in [0.25, 0.3) is 0 Å². The molecular weight excluding hydrogens is 364 g/mol. The predicted molar refractivity (Wildman–Crippen MR) is 115 cm³/mol. The predicted octanol–water partition coefficient (Wildman–Crippen LogP) is 4.88. The molecular formula is C24H24N2O3. The van der Waals surface area contributed by atoms with Crippen molar-refractivity contribution in [3.63, 3.8) is 0 Å². The van der Waals surface area contributed by atoms with E-state index in [1.807, 2.05) is 67.6 Å². The molecule has 3 aromatic carbocycles. The number of hydrogen-bond donors (Lipinski definition) is 1. The highest BCUT2D eigenvalue weighted by Crippen LogP contribution is 2.24. The van der Waals surface area contributed by atoms with Crippen LogP contribution in [0.3, 0.4) is 0 Å². The molecule has 3 aromatic rings. The Labute approximate surface area is 170 Å². The number of nitrogens with one attached hydrogen (secondary N) is 1. The van der Waals surface area contributed by atoms with Gasteiger partial charge in [0.2, 0.25) is 0 Å². The van der Waals surface area contributed by atoms with Gasteiger partial charge in [-0.1, -0.05) is 23.8 Å². The van der Waals surface area contributed by atoms with E-state index >= 15 is 0 Å². The molecule has 0 unspecified atom stereocenters. The number of hydrogen-bond acceptors (Lipinski definition) is 4. The first-order valence-corrected chi connectivity index (χ1v) is 9.76. The molecule has 1 aliphatic heterocycles. The maximum atomic E-state index is 12.7. The molecule has 0 atom stereocenters. The molecule has 1 saturated heterocycles. The highest BCUT2D eigenvalue weighted by atomic mass is 16.5. The van der Waals surface area contributed by atoms with Crippen LogP contribution < -0.4 is 15.0 Å². The lowest BCUT2D eigenvalue weighted by molar-refractivity contribution is 0.102. The first-order chi connectivity index (χ1) is 14.2. The van der Waals surface area contributed by atoms with Gasteiger partial charge < -0.3 is 19.7 Å². The van der Waals surface area contributed by atoms with E-state index in [1.165, 1.54) is 5.56 Å². The van der Waals surface area contributed by atoms with Gasteiger partial charge in [-0.3, -0.25) is 4.79 Å². The summed E-state index contributed by atoms with van der Waals surface area (Å²) in [7, 11) is 0. The highest BCUT2D eigenvalue weighted by Gasteiger charge is 2.12. The second-order valence-corrected chi connectivity index (χ2v) is 7.04. The summed E-state index contributed by atoms with van der Waals surface area (Å²) in [5.41, 5.74) is 3.62. The largest absolute Gasteiger partial charge is 0.457 e. The van der Waals surface area contributed by atoms with Crippen LogP contribution in [0, 0.1) is 6.92 Å². The normalized spacial score (nSPS) is 13.8. The number of benzene rings is 3. The Balaban J connectivity index is 1.41. The molecule has 0 radical (unpaired) electrons. The zero-order valence-electron chi connectivity index (χ0n) is 16.4. The molecule has 29 heavy (non-hydrogen) atoms. The number of rotatable bonds is 5. The van der Waals surface area contributed by atoms with Crippen LogP contribution in [0.5, 0.6) is 11.5 Å². The van der Waals surface area contributed by atoms with Gasteiger partial charge in [0.15, 0.2) is 0 Å². The Bertz CT molecular complexity index is 962. The van der Waals surface area contributed by atoms with Crippen LogP contribution in [0.4, 0.5) is 11.4 Å². The van der Waals surface area contributed by atoms with Crippen LogP contribution in [0.15, 0.2) is 72.8 Å². The summed E-state index contributed by atoms with van der Waals surface area (Å²) >= 11 is 0. The Morgan fingerprint density at radius 1 is 0.931 bits per heavy atom. The molecule has 4 rings (SSSR count). The molecule has 148 valence electrons. The van der Waals surface area contributed by atoms with Crippen molar-refractivity contribution in [3.05, 3.63) is 83.9 Å². The summed E-state index contributed by atoms with van der Waals surface area (Å²) in [5.74, 6) is 1.20. The lowest BCUT2D eigenvalue weighted by atomic mass is 10.2. The second-order valence-electron chi connectivity index (χ2n) is 7.04. The summed E-state index contributed by atoms with van der Waals surface area (Å²) in [4.78, 5) is 14.9. The van der Waals surface area contributed by atoms with Crippen molar-refractivity contribution in [2.24, 2.45) is 0 Å². The number of nitrogens with zero attached hydrogens (tertiary/aromatic N) is 1. The average molecular weight is 388 g/mol. The minimum absolute atomic E-state index is 0.168. The van der Waals surface area contributed by atoms with E-state index < -0.39 is 0 Å². The van der Waals surface area contributed by atoms with Crippen LogP contribution in [-0.2, 0) is 4.74 Å². The first kappa shape index (κ1) is 19.0. The molecule has 0 aliphatic carbocycles. The molecule has 1 fully saturated rings. The Morgan fingerprint density at radius 2 is 1.66 bits per heavy atom. The maximum absolute atomic E-state index is 12.7. The van der Waals surface area contributed by atoms with Gasteiger partial charge in [0.1, 0.15) is 11.5 Å². The monoisotopic (exact) mass is 388 g/mol. The van der Waals surface area contributed by atoms with Crippen molar-refractivity contribution >= 4 is 17.3 Å². The fraction of sp³-hybridized carbons (Fsp3) is 0.208. The Morgan fingerprint density at radius 3 is 2.38 bits per heavy atom. The number of carbonyl (C=O) groups is 1. The summed E-state index contributed by atoms with van der Waals surface area (Å²) in [6.45, 7) is 5.31. The van der Waals surface area contributed by atoms with Crippen LogP contribution in [-0.4, -0.2) is 32.2 Å². The molecule has 0 aromatic heterocycles. The molecule has 1 heterocycles. The van der Waals surface area contributed by atoms with E-state index in [9.17, 15) is 4.79 Å². The number of amides is 1. The van der Waals surface area contributed by atoms with E-state index in [2.05, 4.69) is 10.2 Å². The van der Waals surface area contributed by atoms with Crippen molar-refractivity contribution in [2.45, 2.75) is 6.92 Å². The third kappa shape index (κ3) is 4.95. The average Bonchev–Trinajstić information content (AvgIpc) is 2.77. The van der Waals surface area contributed by atoms with Crippen LogP contribution >= 0.6 is 0 Å². The smallest absolute Gasteiger partial charge is 0.255 e. The van der Waals surface area contributed by atoms with E-state index in [0.717, 1.165) is 43.4 Å². The molecule has 1 amide bonds. The van der Waals surface area contributed by atoms with E-state index in [4.69, 9.17) is 9.47 Å². The van der Waals surface area contributed by atoms with Gasteiger partial charge in [0.25, 0.3) is 5.91 Å². The van der Waals surface area contributed by atoms with E-state index in [0.29, 0.717) is 11.3 Å². The molecule has 0 spiro atoms. The third-order valence-corrected chi connectivity index (χ3v) is 4.85. The quantitative estimate of drug-likeness (QED) is 0.677. The number of aryl methyl sites for hydroxylation is 1. The summed E-state index contributed by atoms with van der Waals surface area (Å²) in [6, 6.07) is 22.9. The lowest BCUT2D eigenvalue weighted by Gasteiger charge is -2.28. The number of morpholine rings is 1. The third-order valence-electron chi connectivity index (χ3n) is 4.85. The standard InChI is InChI=1S/C24H24N2O3/c1-18-5-11-22(12-6-18)29-23-4-2-3-19(17-23)24(27)25-20-7-9-21(10-8-20)26-13-15-28-16-14-26/h2-12,17H,13-16H2,1H3,(H,25,27). The van der Waals surface area contributed by atoms with E-state index in [-0.39, 0.29) is 5.91 Å². The lowest BCUT2D eigenvalue weighted by Crippen LogP contribution is -2.36. The van der Waals surface area contributed by atoms with Crippen molar-refractivity contribution in [3.8, 4) is 11.5 Å². The molecule has 0 saturated carbocycles. The SMILES string of the molecule is Cc1ccc(Oc2cccc(C(=O)Nc3ccc(N4CCOCC4)cc3)c2)cc1. The van der Waals surface area contributed by atoms with Crippen LogP contribution in [0.1, 0.15) is 15.9 Å². The van der Waals surface area contributed by atoms with Gasteiger partial charge in [-0.15, -0.1) is 0 Å². The summed E-state index contributed by atoms with van der Waals surface area (Å²) < 4.78 is 11.3. The minimum Gasteiger partial charge on any atom is -0.457 e. The Hall–Kier alpha value is -3.31. The molecule has 1 aliphatic rings. The van der Waals surface area contributed by atoms with Gasteiger partial charge >= 0.3 is 0 Å². The van der Waals surface area contributed by atoms with Gasteiger partial charge in [-0.05, 0) is 61.5 Å². The van der Waals surface area contributed by atoms with E-state index in [1.54, 1.807) is 12.1 Å². The van der Waals surface area contributed by atoms with Crippen molar-refractivity contribution in [1.82, 2.24) is 0 Å². The van der Waals surface area contributed by atoms with Crippen LogP contribution in [0.2, 0.25) is 0 Å². The molecule has 0 bridgehead atoms. The fourth-order valence-corrected chi connectivity index (χ4v) is 3.22. The zero-order valence-corrected chi connectivity index (χ0v) is 16.4. The van der Waals surface area contributed by atoms with Gasteiger partial charge in [0.05, 0.1) is 13.2 Å². The fourth-order valence-electron chi connectivity index (χ4n) is 3.22. The van der Waals surface area contributed by atoms with Crippen molar-refractivity contribution in [2.75, 3.05) is 36.5 Å². The topological polar surface area (TPSA) is 50.8 Å². The molecule has 5 heteroatoms. The summed E-state index contributed by atoms with van der Waals surface area (Å²) in [5, 5.41) is 2.95. The van der Waals surface area contributed by atoms with Gasteiger partial charge in [-0.25, -0.2) is 0 Å². The Kier molecular flexibility index (Phi) is 5.77. The van der Waals surface area contributed by atoms with Gasteiger partial charge in [0, 0.05) is 30.0 Å². The highest BCUT2D eigenvalue weighted by molar-refractivity contribution is 6.04. The van der Waals surface area contributed by atoms with Crippen molar-refractivity contribution in [1.29, 1.82) is 0 Å². The maximum Gasteiger partial charge on any atom is 0.255 e. The summed E-state index contributed by atoms with van der Waals surface area (Å²) in [6.07, 6.45) is 0.